The molecule has 0 radical (unpaired) electrons. The van der Waals surface area contributed by atoms with Gasteiger partial charge in [-0.1, -0.05) is 30.3 Å². The SMILES string of the molecule is CCOc1cc(/C=C(\C#N)C(=O)Nc2c(Br)cc(C)cc2Br)cc(I)c1OCc1ccccc1. The van der Waals surface area contributed by atoms with Gasteiger partial charge in [0.15, 0.2) is 11.5 Å². The molecule has 0 aliphatic heterocycles. The zero-order valence-corrected chi connectivity index (χ0v) is 23.8. The number of ether oxygens (including phenoxy) is 2. The number of nitrogens with one attached hydrogen (secondary N) is 1. The van der Waals surface area contributed by atoms with E-state index in [4.69, 9.17) is 9.47 Å². The smallest absolute Gasteiger partial charge is 0.266 e. The van der Waals surface area contributed by atoms with E-state index in [-0.39, 0.29) is 5.57 Å². The highest BCUT2D eigenvalue weighted by Gasteiger charge is 2.16. The van der Waals surface area contributed by atoms with E-state index < -0.39 is 5.91 Å². The quantitative estimate of drug-likeness (QED) is 0.149. The summed E-state index contributed by atoms with van der Waals surface area (Å²) in [6, 6.07) is 19.3. The molecule has 0 unspecified atom stereocenters. The molecule has 0 atom stereocenters. The van der Waals surface area contributed by atoms with Crippen molar-refractivity contribution in [2.45, 2.75) is 20.5 Å². The first-order valence-electron chi connectivity index (χ1n) is 10.3. The van der Waals surface area contributed by atoms with E-state index in [1.54, 1.807) is 6.07 Å². The monoisotopic (exact) mass is 694 g/mol. The number of halogens is 3. The fourth-order valence-electron chi connectivity index (χ4n) is 3.12. The molecule has 1 N–H and O–H groups in total. The Labute approximate surface area is 229 Å². The maximum Gasteiger partial charge on any atom is 0.266 e. The number of nitriles is 1. The van der Waals surface area contributed by atoms with Crippen LogP contribution >= 0.6 is 54.5 Å². The van der Waals surface area contributed by atoms with E-state index in [9.17, 15) is 10.1 Å². The molecule has 0 fully saturated rings. The van der Waals surface area contributed by atoms with Gasteiger partial charge in [0.25, 0.3) is 5.91 Å². The first kappa shape index (κ1) is 26.3. The van der Waals surface area contributed by atoms with Gasteiger partial charge in [0, 0.05) is 8.95 Å². The largest absolute Gasteiger partial charge is 0.490 e. The Kier molecular flexibility index (Phi) is 9.56. The topological polar surface area (TPSA) is 71.3 Å². The standard InChI is InChI=1S/C26H21Br2IN2O3/c1-3-33-23-13-18(12-22(29)25(23)34-15-17-7-5-4-6-8-17)11-19(14-30)26(32)31-24-20(27)9-16(2)10-21(24)28/h4-13H,3,15H2,1-2H3,(H,31,32)/b19-11+. The second kappa shape index (κ2) is 12.4. The summed E-state index contributed by atoms with van der Waals surface area (Å²) in [5.41, 5.74) is 3.26. The van der Waals surface area contributed by atoms with Gasteiger partial charge < -0.3 is 14.8 Å². The first-order valence-corrected chi connectivity index (χ1v) is 13.0. The van der Waals surface area contributed by atoms with Gasteiger partial charge >= 0.3 is 0 Å². The van der Waals surface area contributed by atoms with Crippen molar-refractivity contribution in [1.29, 1.82) is 5.26 Å². The predicted molar refractivity (Wildman–Crippen MR) is 150 cm³/mol. The van der Waals surface area contributed by atoms with E-state index in [2.05, 4.69) is 59.8 Å². The summed E-state index contributed by atoms with van der Waals surface area (Å²) in [6.45, 7) is 4.69. The number of carbonyl (C=O) groups excluding carboxylic acids is 1. The van der Waals surface area contributed by atoms with Crippen LogP contribution < -0.4 is 14.8 Å². The van der Waals surface area contributed by atoms with Gasteiger partial charge in [-0.2, -0.15) is 5.26 Å². The fourth-order valence-corrected chi connectivity index (χ4v) is 5.51. The highest BCUT2D eigenvalue weighted by atomic mass is 127. The van der Waals surface area contributed by atoms with Crippen LogP contribution in [0, 0.1) is 21.8 Å². The van der Waals surface area contributed by atoms with Gasteiger partial charge in [-0.15, -0.1) is 0 Å². The first-order chi connectivity index (χ1) is 16.3. The summed E-state index contributed by atoms with van der Waals surface area (Å²) in [7, 11) is 0. The third kappa shape index (κ3) is 6.84. The highest BCUT2D eigenvalue weighted by Crippen LogP contribution is 2.36. The normalized spacial score (nSPS) is 11.0. The molecule has 34 heavy (non-hydrogen) atoms. The molecule has 0 heterocycles. The van der Waals surface area contributed by atoms with Gasteiger partial charge in [0.2, 0.25) is 0 Å². The van der Waals surface area contributed by atoms with Crippen LogP contribution in [-0.2, 0) is 11.4 Å². The third-order valence-corrected chi connectivity index (χ3v) is 6.71. The zero-order valence-electron chi connectivity index (χ0n) is 18.5. The molecule has 3 aromatic rings. The zero-order chi connectivity index (χ0) is 24.7. The van der Waals surface area contributed by atoms with E-state index in [0.717, 1.165) is 23.6 Å². The maximum absolute atomic E-state index is 12.9. The van der Waals surface area contributed by atoms with Gasteiger partial charge in [-0.05, 0) is 115 Å². The minimum Gasteiger partial charge on any atom is -0.490 e. The molecular formula is C26H21Br2IN2O3. The molecule has 0 aromatic heterocycles. The summed E-state index contributed by atoms with van der Waals surface area (Å²) in [5, 5.41) is 12.5. The number of rotatable bonds is 8. The van der Waals surface area contributed by atoms with Crippen molar-refractivity contribution < 1.29 is 14.3 Å². The lowest BCUT2D eigenvalue weighted by atomic mass is 10.1. The van der Waals surface area contributed by atoms with Crippen molar-refractivity contribution in [1.82, 2.24) is 0 Å². The van der Waals surface area contributed by atoms with Crippen LogP contribution in [0.25, 0.3) is 6.08 Å². The second-order valence-corrected chi connectivity index (χ2v) is 10.1. The number of aryl methyl sites for hydroxylation is 1. The fraction of sp³-hybridized carbons (Fsp3) is 0.154. The van der Waals surface area contributed by atoms with E-state index in [0.29, 0.717) is 36.0 Å². The summed E-state index contributed by atoms with van der Waals surface area (Å²) in [5.74, 6) is 0.669. The Hall–Kier alpha value is -2.35. The highest BCUT2D eigenvalue weighted by molar-refractivity contribution is 14.1. The van der Waals surface area contributed by atoms with Crippen LogP contribution in [-0.4, -0.2) is 12.5 Å². The molecule has 1 amide bonds. The predicted octanol–water partition coefficient (Wildman–Crippen LogP) is 7.65. The number of hydrogen-bond donors (Lipinski definition) is 1. The van der Waals surface area contributed by atoms with E-state index in [1.165, 1.54) is 6.08 Å². The second-order valence-electron chi connectivity index (χ2n) is 7.26. The van der Waals surface area contributed by atoms with Gasteiger partial charge in [0.1, 0.15) is 18.2 Å². The Morgan fingerprint density at radius 2 is 1.79 bits per heavy atom. The Morgan fingerprint density at radius 1 is 1.12 bits per heavy atom. The van der Waals surface area contributed by atoms with Crippen molar-refractivity contribution >= 4 is 72.1 Å². The lowest BCUT2D eigenvalue weighted by Crippen LogP contribution is -2.14. The number of anilines is 1. The minimum absolute atomic E-state index is 0.0319. The summed E-state index contributed by atoms with van der Waals surface area (Å²) in [6.07, 6.45) is 1.54. The van der Waals surface area contributed by atoms with Gasteiger partial charge in [-0.25, -0.2) is 0 Å². The average Bonchev–Trinajstić information content (AvgIpc) is 2.80. The molecule has 0 saturated heterocycles. The third-order valence-electron chi connectivity index (χ3n) is 4.66. The number of carbonyl (C=O) groups is 1. The van der Waals surface area contributed by atoms with Crippen molar-refractivity contribution in [3.63, 3.8) is 0 Å². The van der Waals surface area contributed by atoms with Gasteiger partial charge in [0.05, 0.1) is 15.9 Å². The Bertz CT molecular complexity index is 1250. The summed E-state index contributed by atoms with van der Waals surface area (Å²) < 4.78 is 14.1. The maximum atomic E-state index is 12.9. The molecule has 3 aromatic carbocycles. The van der Waals surface area contributed by atoms with Crippen LogP contribution in [0.15, 0.2) is 69.1 Å². The summed E-state index contributed by atoms with van der Waals surface area (Å²) in [4.78, 5) is 12.9. The Balaban J connectivity index is 1.88. The molecule has 3 rings (SSSR count). The van der Waals surface area contributed by atoms with Crippen molar-refractivity contribution in [2.24, 2.45) is 0 Å². The molecule has 5 nitrogen and oxygen atoms in total. The molecular weight excluding hydrogens is 675 g/mol. The lowest BCUT2D eigenvalue weighted by molar-refractivity contribution is -0.112. The van der Waals surface area contributed by atoms with E-state index >= 15 is 0 Å². The average molecular weight is 696 g/mol. The van der Waals surface area contributed by atoms with Crippen molar-refractivity contribution in [2.75, 3.05) is 11.9 Å². The molecule has 0 aliphatic carbocycles. The van der Waals surface area contributed by atoms with Gasteiger partial charge in [-0.3, -0.25) is 4.79 Å². The Morgan fingerprint density at radius 3 is 2.41 bits per heavy atom. The van der Waals surface area contributed by atoms with Crippen LogP contribution in [0.4, 0.5) is 5.69 Å². The van der Waals surface area contributed by atoms with Crippen molar-refractivity contribution in [3.8, 4) is 17.6 Å². The summed E-state index contributed by atoms with van der Waals surface area (Å²) >= 11 is 9.09. The van der Waals surface area contributed by atoms with Crippen LogP contribution in [0.5, 0.6) is 11.5 Å². The number of amides is 1. The molecule has 0 saturated carbocycles. The van der Waals surface area contributed by atoms with Crippen LogP contribution in [0.2, 0.25) is 0 Å². The van der Waals surface area contributed by atoms with Crippen molar-refractivity contribution in [3.05, 3.63) is 89.4 Å². The minimum atomic E-state index is -0.509. The van der Waals surface area contributed by atoms with E-state index in [1.807, 2.05) is 68.4 Å². The molecule has 0 aliphatic rings. The van der Waals surface area contributed by atoms with Crippen LogP contribution in [0.3, 0.4) is 0 Å². The molecule has 174 valence electrons. The molecule has 8 heteroatoms. The molecule has 0 bridgehead atoms. The number of hydrogen-bond acceptors (Lipinski definition) is 4. The lowest BCUT2D eigenvalue weighted by Gasteiger charge is -2.15. The number of benzene rings is 3. The number of nitrogens with zero attached hydrogens (tertiary/aromatic N) is 1. The molecule has 0 spiro atoms. The van der Waals surface area contributed by atoms with Crippen LogP contribution in [0.1, 0.15) is 23.6 Å².